The number of amides is 3. The lowest BCUT2D eigenvalue weighted by Gasteiger charge is -2.44. The molecule has 0 bridgehead atoms. The molecule has 30 heavy (non-hydrogen) atoms. The van der Waals surface area contributed by atoms with Crippen LogP contribution in [-0.4, -0.2) is 50.2 Å². The number of aliphatic hydroxyl groups excluding tert-OH is 1. The van der Waals surface area contributed by atoms with Crippen molar-refractivity contribution in [3.8, 4) is 0 Å². The van der Waals surface area contributed by atoms with E-state index in [4.69, 9.17) is 0 Å². The Morgan fingerprint density at radius 3 is 2.67 bits per heavy atom. The molecule has 0 saturated carbocycles. The van der Waals surface area contributed by atoms with Gasteiger partial charge in [-0.3, -0.25) is 10.1 Å². The number of anilines is 2. The van der Waals surface area contributed by atoms with Gasteiger partial charge in [0.05, 0.1) is 18.1 Å². The highest BCUT2D eigenvalue weighted by molar-refractivity contribution is 6.06. The maximum atomic E-state index is 12.4. The van der Waals surface area contributed by atoms with Crippen molar-refractivity contribution in [3.63, 3.8) is 0 Å². The van der Waals surface area contributed by atoms with Crippen LogP contribution in [0.15, 0.2) is 54.4 Å². The van der Waals surface area contributed by atoms with E-state index in [0.717, 1.165) is 0 Å². The zero-order valence-corrected chi connectivity index (χ0v) is 16.1. The predicted molar refractivity (Wildman–Crippen MR) is 108 cm³/mol. The molecule has 2 aliphatic heterocycles. The maximum Gasteiger partial charge on any atom is 0.352 e. The van der Waals surface area contributed by atoms with Crippen LogP contribution in [0.25, 0.3) is 5.57 Å². The smallest absolute Gasteiger partial charge is 0.352 e. The molecule has 1 fully saturated rings. The molecule has 0 radical (unpaired) electrons. The number of carboxylic acid groups (broad SMARTS) is 1. The van der Waals surface area contributed by atoms with Gasteiger partial charge in [0.15, 0.2) is 0 Å². The van der Waals surface area contributed by atoms with Crippen LogP contribution in [-0.2, 0) is 9.59 Å². The lowest BCUT2D eigenvalue weighted by atomic mass is 9.82. The Morgan fingerprint density at radius 1 is 1.20 bits per heavy atom. The van der Waals surface area contributed by atoms with E-state index in [1.54, 1.807) is 48.7 Å². The third-order valence-electron chi connectivity index (χ3n) is 5.31. The van der Waals surface area contributed by atoms with Gasteiger partial charge in [0, 0.05) is 11.9 Å². The molecule has 4 rings (SSSR count). The number of aromatic nitrogens is 1. The number of aliphatic carboxylic acids is 1. The summed E-state index contributed by atoms with van der Waals surface area (Å²) < 4.78 is 0. The van der Waals surface area contributed by atoms with E-state index in [1.165, 1.54) is 11.8 Å². The molecule has 1 aromatic carbocycles. The highest BCUT2D eigenvalue weighted by atomic mass is 16.4. The zero-order chi connectivity index (χ0) is 21.4. The van der Waals surface area contributed by atoms with Crippen molar-refractivity contribution in [1.82, 2.24) is 9.88 Å². The summed E-state index contributed by atoms with van der Waals surface area (Å²) in [5.74, 6) is -1.80. The highest BCUT2D eigenvalue weighted by Gasteiger charge is 2.56. The first-order valence-corrected chi connectivity index (χ1v) is 9.44. The number of carboxylic acids is 1. The third-order valence-corrected chi connectivity index (χ3v) is 5.31. The van der Waals surface area contributed by atoms with E-state index < -0.39 is 24.0 Å². The average Bonchev–Trinajstić information content (AvgIpc) is 3.04. The fraction of sp³-hybridized carbons (Fsp3) is 0.238. The fourth-order valence-electron chi connectivity index (χ4n) is 4.03. The number of fused-ring (bicyclic) bond motifs is 1. The van der Waals surface area contributed by atoms with Crippen LogP contribution in [0.1, 0.15) is 18.9 Å². The molecule has 3 atom stereocenters. The quantitative estimate of drug-likeness (QED) is 0.561. The number of carbonyl (C=O) groups is 3. The Labute approximate surface area is 172 Å². The molecule has 9 nitrogen and oxygen atoms in total. The Kier molecular flexibility index (Phi) is 4.96. The van der Waals surface area contributed by atoms with Crippen LogP contribution in [0.2, 0.25) is 0 Å². The van der Waals surface area contributed by atoms with Crippen LogP contribution in [0.5, 0.6) is 0 Å². The summed E-state index contributed by atoms with van der Waals surface area (Å²) >= 11 is 0. The molecular weight excluding hydrogens is 388 g/mol. The number of benzene rings is 1. The van der Waals surface area contributed by atoms with Crippen molar-refractivity contribution in [2.45, 2.75) is 25.5 Å². The largest absolute Gasteiger partial charge is 0.477 e. The maximum absolute atomic E-state index is 12.4. The third kappa shape index (κ3) is 3.39. The van der Waals surface area contributed by atoms with Gasteiger partial charge in [0.1, 0.15) is 11.5 Å². The van der Waals surface area contributed by atoms with Gasteiger partial charge in [-0.2, -0.15) is 0 Å². The fourth-order valence-corrected chi connectivity index (χ4v) is 4.03. The van der Waals surface area contributed by atoms with Crippen molar-refractivity contribution >= 4 is 35.0 Å². The van der Waals surface area contributed by atoms with E-state index in [-0.39, 0.29) is 17.6 Å². The summed E-state index contributed by atoms with van der Waals surface area (Å²) in [4.78, 5) is 41.7. The molecule has 2 aromatic rings. The molecule has 1 saturated heterocycles. The van der Waals surface area contributed by atoms with Crippen LogP contribution in [0.4, 0.5) is 16.3 Å². The lowest BCUT2D eigenvalue weighted by Crippen LogP contribution is -2.61. The summed E-state index contributed by atoms with van der Waals surface area (Å²) in [6.45, 7) is 1.53. The summed E-state index contributed by atoms with van der Waals surface area (Å²) in [5, 5.41) is 24.8. The number of β-lactam (4-membered cyclic amide) rings is 1. The molecular formula is C21H20N4O5. The van der Waals surface area contributed by atoms with Gasteiger partial charge >= 0.3 is 12.0 Å². The van der Waals surface area contributed by atoms with Crippen molar-refractivity contribution in [2.24, 2.45) is 5.92 Å². The van der Waals surface area contributed by atoms with E-state index in [9.17, 15) is 24.6 Å². The molecule has 9 heteroatoms. The molecule has 0 aliphatic carbocycles. The van der Waals surface area contributed by atoms with Crippen molar-refractivity contribution in [3.05, 3.63) is 59.9 Å². The first kappa shape index (κ1) is 19.6. The average molecular weight is 408 g/mol. The van der Waals surface area contributed by atoms with E-state index in [2.05, 4.69) is 15.6 Å². The molecule has 0 unspecified atom stereocenters. The van der Waals surface area contributed by atoms with Gasteiger partial charge in [-0.15, -0.1) is 0 Å². The summed E-state index contributed by atoms with van der Waals surface area (Å²) in [7, 11) is 0. The Hall–Kier alpha value is -3.72. The van der Waals surface area contributed by atoms with Gasteiger partial charge in [0.25, 0.3) is 0 Å². The molecule has 3 amide bonds. The normalized spacial score (nSPS) is 21.0. The minimum absolute atomic E-state index is 0.0722. The second kappa shape index (κ2) is 7.60. The van der Waals surface area contributed by atoms with E-state index in [0.29, 0.717) is 29.1 Å². The Bertz CT molecular complexity index is 1050. The zero-order valence-electron chi connectivity index (χ0n) is 16.1. The number of rotatable bonds is 5. The molecule has 2 aliphatic rings. The first-order valence-electron chi connectivity index (χ1n) is 9.44. The standard InChI is InChI=1S/C21H20N4O5/c1-11(26)17-15-10-14(18(20(28)29)25(15)19(17)27)12-5-4-6-13(9-12)23-21(30)24-16-7-2-3-8-22-16/h2-9,11,15,17,26H,10H2,1H3,(H,28,29)(H2,22,23,24,30)/t11-,15-,17-/m1/s1. The number of hydrogen-bond donors (Lipinski definition) is 4. The predicted octanol–water partition coefficient (Wildman–Crippen LogP) is 2.13. The van der Waals surface area contributed by atoms with Crippen molar-refractivity contribution < 1.29 is 24.6 Å². The van der Waals surface area contributed by atoms with Gasteiger partial charge in [-0.25, -0.2) is 14.6 Å². The minimum atomic E-state index is -1.20. The summed E-state index contributed by atoms with van der Waals surface area (Å²) in [6, 6.07) is 11.0. The number of urea groups is 1. The minimum Gasteiger partial charge on any atom is -0.477 e. The van der Waals surface area contributed by atoms with Crippen molar-refractivity contribution in [2.75, 3.05) is 10.6 Å². The summed E-state index contributed by atoms with van der Waals surface area (Å²) in [6.07, 6.45) is 1.03. The first-order chi connectivity index (χ1) is 14.4. The van der Waals surface area contributed by atoms with Crippen LogP contribution < -0.4 is 10.6 Å². The lowest BCUT2D eigenvalue weighted by molar-refractivity contribution is -0.161. The SMILES string of the molecule is C[C@@H](O)[C@H]1C(=O)N2C(C(=O)O)=C(c3cccc(NC(=O)Nc4ccccn4)c3)C[C@H]12. The Morgan fingerprint density at radius 2 is 2.00 bits per heavy atom. The van der Waals surface area contributed by atoms with Crippen molar-refractivity contribution in [1.29, 1.82) is 0 Å². The monoisotopic (exact) mass is 408 g/mol. The van der Waals surface area contributed by atoms with Gasteiger partial charge in [-0.1, -0.05) is 18.2 Å². The summed E-state index contributed by atoms with van der Waals surface area (Å²) in [5.41, 5.74) is 1.48. The number of aliphatic hydroxyl groups is 1. The molecule has 0 spiro atoms. The van der Waals surface area contributed by atoms with E-state index in [1.807, 2.05) is 0 Å². The number of carbonyl (C=O) groups excluding carboxylic acids is 2. The second-order valence-electron chi connectivity index (χ2n) is 7.25. The number of nitrogens with zero attached hydrogens (tertiary/aromatic N) is 2. The molecule has 4 N–H and O–H groups in total. The number of hydrogen-bond acceptors (Lipinski definition) is 5. The number of nitrogens with one attached hydrogen (secondary N) is 2. The van der Waals surface area contributed by atoms with Gasteiger partial charge < -0.3 is 20.4 Å². The van der Waals surface area contributed by atoms with Gasteiger partial charge in [0.2, 0.25) is 5.91 Å². The molecule has 3 heterocycles. The number of pyridine rings is 1. The molecule has 154 valence electrons. The Balaban J connectivity index is 1.57. The topological polar surface area (TPSA) is 132 Å². The second-order valence-corrected chi connectivity index (χ2v) is 7.25. The van der Waals surface area contributed by atoms with Gasteiger partial charge in [-0.05, 0) is 48.7 Å². The molecule has 1 aromatic heterocycles. The van der Waals surface area contributed by atoms with Crippen LogP contribution >= 0.6 is 0 Å². The van der Waals surface area contributed by atoms with Crippen LogP contribution in [0, 0.1) is 5.92 Å². The van der Waals surface area contributed by atoms with E-state index >= 15 is 0 Å². The highest BCUT2D eigenvalue weighted by Crippen LogP contribution is 2.47. The van der Waals surface area contributed by atoms with Crippen LogP contribution in [0.3, 0.4) is 0 Å².